The summed E-state index contributed by atoms with van der Waals surface area (Å²) in [5, 5.41) is 5.88. The second-order valence-corrected chi connectivity index (χ2v) is 10.7. The van der Waals surface area contributed by atoms with E-state index in [0.717, 1.165) is 71.8 Å². The Kier molecular flexibility index (Phi) is 6.79. The number of alkyl carbamates (subject to hydrolysis) is 1. The van der Waals surface area contributed by atoms with Gasteiger partial charge in [-0.05, 0) is 58.6 Å². The standard InChI is InChI=1S/C28H34N4O4/c1-28(2,3)36-27(34)30-11-4-14-35-20-10-13-32(17-20)26-22-9-12-29-16-23(22)21-8-7-19(15-24(21)31-26)25(33)18-5-6-18/h7-9,12,15-16,18,20H,4-6,10-11,13-14,17H2,1-3H3,(H,30,34)/t20-/m0/s1. The van der Waals surface area contributed by atoms with Crippen LogP contribution in [-0.2, 0) is 9.47 Å². The number of amides is 1. The number of carbonyl (C=O) groups is 2. The van der Waals surface area contributed by atoms with Crippen molar-refractivity contribution in [3.8, 4) is 0 Å². The van der Waals surface area contributed by atoms with Crippen molar-refractivity contribution in [3.63, 3.8) is 0 Å². The second kappa shape index (κ2) is 10.0. The van der Waals surface area contributed by atoms with E-state index in [1.807, 2.05) is 51.2 Å². The fraction of sp³-hybridized carbons (Fsp3) is 0.500. The molecule has 3 heterocycles. The Balaban J connectivity index is 1.24. The number of hydrogen-bond acceptors (Lipinski definition) is 7. The molecule has 1 atom stereocenters. The predicted octanol–water partition coefficient (Wildman–Crippen LogP) is 4.89. The topological polar surface area (TPSA) is 93.7 Å². The van der Waals surface area contributed by atoms with E-state index in [1.54, 1.807) is 6.20 Å². The molecule has 1 aliphatic heterocycles. The fourth-order valence-corrected chi connectivity index (χ4v) is 4.69. The summed E-state index contributed by atoms with van der Waals surface area (Å²) in [5.74, 6) is 1.32. The molecule has 0 unspecified atom stereocenters. The molecule has 1 saturated carbocycles. The molecule has 1 N–H and O–H groups in total. The third-order valence-corrected chi connectivity index (χ3v) is 6.60. The van der Waals surface area contributed by atoms with Crippen LogP contribution in [0.4, 0.5) is 10.6 Å². The van der Waals surface area contributed by atoms with Crippen molar-refractivity contribution in [1.82, 2.24) is 15.3 Å². The number of pyridine rings is 2. The number of Topliss-reactive ketones (excluding diaryl/α,β-unsaturated/α-hetero) is 1. The van der Waals surface area contributed by atoms with Gasteiger partial charge >= 0.3 is 6.09 Å². The van der Waals surface area contributed by atoms with E-state index >= 15 is 0 Å². The number of carbonyl (C=O) groups excluding carboxylic acids is 2. The van der Waals surface area contributed by atoms with Gasteiger partial charge in [0.1, 0.15) is 11.4 Å². The molecule has 1 aromatic carbocycles. The first-order valence-electron chi connectivity index (χ1n) is 12.8. The van der Waals surface area contributed by atoms with Crippen molar-refractivity contribution >= 4 is 39.4 Å². The Morgan fingerprint density at radius 2 is 1.94 bits per heavy atom. The van der Waals surface area contributed by atoms with E-state index in [2.05, 4.69) is 15.2 Å². The maximum absolute atomic E-state index is 12.6. The van der Waals surface area contributed by atoms with Gasteiger partial charge in [0.25, 0.3) is 0 Å². The van der Waals surface area contributed by atoms with Crippen LogP contribution in [-0.4, -0.2) is 59.8 Å². The number of rotatable bonds is 8. The molecule has 2 fully saturated rings. The van der Waals surface area contributed by atoms with Crippen LogP contribution in [0.2, 0.25) is 0 Å². The van der Waals surface area contributed by atoms with Crippen molar-refractivity contribution in [2.24, 2.45) is 5.92 Å². The molecule has 1 aliphatic carbocycles. The van der Waals surface area contributed by atoms with Crippen LogP contribution in [0.15, 0.2) is 36.7 Å². The highest BCUT2D eigenvalue weighted by Crippen LogP contribution is 2.36. The zero-order chi connectivity index (χ0) is 25.3. The monoisotopic (exact) mass is 490 g/mol. The third-order valence-electron chi connectivity index (χ3n) is 6.60. The van der Waals surface area contributed by atoms with E-state index in [-0.39, 0.29) is 17.8 Å². The quantitative estimate of drug-likeness (QED) is 0.273. The molecule has 2 aliphatic rings. The maximum Gasteiger partial charge on any atom is 0.407 e. The van der Waals surface area contributed by atoms with Gasteiger partial charge in [0.2, 0.25) is 0 Å². The summed E-state index contributed by atoms with van der Waals surface area (Å²) in [7, 11) is 0. The minimum atomic E-state index is -0.501. The molecule has 0 radical (unpaired) electrons. The van der Waals surface area contributed by atoms with Gasteiger partial charge in [0, 0.05) is 66.3 Å². The Labute approximate surface area is 211 Å². The first kappa shape index (κ1) is 24.4. The average molecular weight is 491 g/mol. The van der Waals surface area contributed by atoms with Crippen LogP contribution in [0.1, 0.15) is 56.8 Å². The maximum atomic E-state index is 12.6. The summed E-state index contributed by atoms with van der Waals surface area (Å²) in [6.45, 7) is 8.20. The Morgan fingerprint density at radius 1 is 1.11 bits per heavy atom. The summed E-state index contributed by atoms with van der Waals surface area (Å²) in [6.07, 6.45) is 6.98. The molecule has 1 amide bonds. The number of ether oxygens (including phenoxy) is 2. The van der Waals surface area contributed by atoms with E-state index < -0.39 is 11.7 Å². The lowest BCUT2D eigenvalue weighted by Crippen LogP contribution is -2.33. The SMILES string of the molecule is CC(C)(C)OC(=O)NCCCO[C@H]1CCN(c2nc3cc(C(=O)C4CC4)ccc3c3cnccc23)C1. The Bertz CT molecular complexity index is 1280. The van der Waals surface area contributed by atoms with Crippen molar-refractivity contribution in [3.05, 3.63) is 42.2 Å². The van der Waals surface area contributed by atoms with E-state index in [9.17, 15) is 9.59 Å². The summed E-state index contributed by atoms with van der Waals surface area (Å²) >= 11 is 0. The molecular weight excluding hydrogens is 456 g/mol. The van der Waals surface area contributed by atoms with Crippen LogP contribution in [0, 0.1) is 5.92 Å². The van der Waals surface area contributed by atoms with E-state index in [4.69, 9.17) is 14.5 Å². The lowest BCUT2D eigenvalue weighted by Gasteiger charge is -2.21. The zero-order valence-corrected chi connectivity index (χ0v) is 21.3. The minimum absolute atomic E-state index is 0.101. The average Bonchev–Trinajstić information content (AvgIpc) is 3.59. The number of anilines is 1. The molecule has 36 heavy (non-hydrogen) atoms. The molecule has 1 saturated heterocycles. The first-order valence-corrected chi connectivity index (χ1v) is 12.8. The van der Waals surface area contributed by atoms with Crippen molar-refractivity contribution in [1.29, 1.82) is 0 Å². The lowest BCUT2D eigenvalue weighted by atomic mass is 10.0. The van der Waals surface area contributed by atoms with Crippen LogP contribution in [0.3, 0.4) is 0 Å². The highest BCUT2D eigenvalue weighted by atomic mass is 16.6. The smallest absolute Gasteiger partial charge is 0.407 e. The van der Waals surface area contributed by atoms with Gasteiger partial charge in [-0.15, -0.1) is 0 Å². The van der Waals surface area contributed by atoms with Gasteiger partial charge < -0.3 is 19.7 Å². The molecule has 0 spiro atoms. The Morgan fingerprint density at radius 3 is 2.72 bits per heavy atom. The van der Waals surface area contributed by atoms with Gasteiger partial charge in [-0.1, -0.05) is 12.1 Å². The van der Waals surface area contributed by atoms with Gasteiger partial charge in [-0.2, -0.15) is 0 Å². The van der Waals surface area contributed by atoms with Crippen LogP contribution in [0.25, 0.3) is 21.7 Å². The zero-order valence-electron chi connectivity index (χ0n) is 21.3. The molecule has 5 rings (SSSR count). The molecule has 3 aromatic rings. The lowest BCUT2D eigenvalue weighted by molar-refractivity contribution is 0.0494. The molecule has 8 nitrogen and oxygen atoms in total. The highest BCUT2D eigenvalue weighted by Gasteiger charge is 2.31. The minimum Gasteiger partial charge on any atom is -0.444 e. The number of hydrogen-bond donors (Lipinski definition) is 1. The number of benzene rings is 1. The predicted molar refractivity (Wildman–Crippen MR) is 140 cm³/mol. The number of aromatic nitrogens is 2. The van der Waals surface area contributed by atoms with Crippen molar-refractivity contribution in [2.75, 3.05) is 31.1 Å². The van der Waals surface area contributed by atoms with E-state index in [1.165, 1.54) is 0 Å². The fourth-order valence-electron chi connectivity index (χ4n) is 4.69. The molecular formula is C28H34N4O4. The van der Waals surface area contributed by atoms with Crippen LogP contribution in [0.5, 0.6) is 0 Å². The number of nitrogens with one attached hydrogen (secondary N) is 1. The van der Waals surface area contributed by atoms with Gasteiger partial charge in [-0.25, -0.2) is 9.78 Å². The normalized spacial score (nSPS) is 18.1. The first-order chi connectivity index (χ1) is 17.3. The molecule has 2 aromatic heterocycles. The van der Waals surface area contributed by atoms with Crippen molar-refractivity contribution in [2.45, 2.75) is 58.2 Å². The molecule has 190 valence electrons. The number of ketones is 1. The largest absolute Gasteiger partial charge is 0.444 e. The summed E-state index contributed by atoms with van der Waals surface area (Å²) in [6, 6.07) is 7.88. The highest BCUT2D eigenvalue weighted by molar-refractivity contribution is 6.12. The van der Waals surface area contributed by atoms with E-state index in [0.29, 0.717) is 13.2 Å². The third kappa shape index (κ3) is 5.59. The number of nitrogens with zero attached hydrogens (tertiary/aromatic N) is 3. The summed E-state index contributed by atoms with van der Waals surface area (Å²) in [5.41, 5.74) is 1.07. The Hall–Kier alpha value is -3.26. The number of fused-ring (bicyclic) bond motifs is 3. The second-order valence-electron chi connectivity index (χ2n) is 10.7. The van der Waals surface area contributed by atoms with Gasteiger partial charge in [-0.3, -0.25) is 9.78 Å². The van der Waals surface area contributed by atoms with Crippen LogP contribution < -0.4 is 10.2 Å². The van der Waals surface area contributed by atoms with Gasteiger partial charge in [0.05, 0.1) is 11.6 Å². The van der Waals surface area contributed by atoms with Crippen molar-refractivity contribution < 1.29 is 19.1 Å². The summed E-state index contributed by atoms with van der Waals surface area (Å²) in [4.78, 5) is 36.1. The molecule has 8 heteroatoms. The summed E-state index contributed by atoms with van der Waals surface area (Å²) < 4.78 is 11.4. The van der Waals surface area contributed by atoms with Gasteiger partial charge in [0.15, 0.2) is 5.78 Å². The molecule has 0 bridgehead atoms. The van der Waals surface area contributed by atoms with Crippen LogP contribution >= 0.6 is 0 Å².